The molecule has 0 aliphatic carbocycles. The van der Waals surface area contributed by atoms with E-state index in [0.29, 0.717) is 22.1 Å². The summed E-state index contributed by atoms with van der Waals surface area (Å²) in [6.45, 7) is -0.129. The Kier molecular flexibility index (Phi) is 3.79. The van der Waals surface area contributed by atoms with Crippen LogP contribution in [0.3, 0.4) is 0 Å². The molecule has 2 aromatic rings. The van der Waals surface area contributed by atoms with E-state index in [-0.39, 0.29) is 12.4 Å². The summed E-state index contributed by atoms with van der Waals surface area (Å²) >= 11 is 6.07. The summed E-state index contributed by atoms with van der Waals surface area (Å²) in [5.74, 6) is 0.100. The molecule has 5 heteroatoms. The van der Waals surface area contributed by atoms with Crippen LogP contribution in [0.1, 0.15) is 5.56 Å². The van der Waals surface area contributed by atoms with Gasteiger partial charge in [0.15, 0.2) is 5.82 Å². The molecule has 18 heavy (non-hydrogen) atoms. The molecule has 94 valence electrons. The van der Waals surface area contributed by atoms with E-state index in [1.54, 1.807) is 36.2 Å². The summed E-state index contributed by atoms with van der Waals surface area (Å²) in [6, 6.07) is 8.00. The Bertz CT molecular complexity index is 562. The zero-order valence-corrected chi connectivity index (χ0v) is 10.5. The minimum Gasteiger partial charge on any atom is -0.392 e. The van der Waals surface area contributed by atoms with Gasteiger partial charge in [0.2, 0.25) is 0 Å². The van der Waals surface area contributed by atoms with Crippen LogP contribution in [0, 0.1) is 5.82 Å². The molecule has 0 atom stereocenters. The zero-order valence-electron chi connectivity index (χ0n) is 9.77. The van der Waals surface area contributed by atoms with Crippen LogP contribution in [0.2, 0.25) is 5.02 Å². The molecule has 1 heterocycles. The van der Waals surface area contributed by atoms with Gasteiger partial charge in [0.25, 0.3) is 0 Å². The van der Waals surface area contributed by atoms with Gasteiger partial charge < -0.3 is 10.0 Å². The third kappa shape index (κ3) is 2.44. The van der Waals surface area contributed by atoms with Crippen LogP contribution in [-0.2, 0) is 6.61 Å². The molecule has 0 fully saturated rings. The molecule has 3 nitrogen and oxygen atoms in total. The Hall–Kier alpha value is -1.65. The molecule has 1 aromatic carbocycles. The Morgan fingerprint density at radius 2 is 2.11 bits per heavy atom. The number of halogens is 2. The number of aliphatic hydroxyl groups excluding tert-OH is 1. The second-order valence-corrected chi connectivity index (χ2v) is 4.22. The van der Waals surface area contributed by atoms with Crippen molar-refractivity contribution in [3.8, 4) is 0 Å². The van der Waals surface area contributed by atoms with Crippen LogP contribution in [0.25, 0.3) is 0 Å². The predicted molar refractivity (Wildman–Crippen MR) is 69.6 cm³/mol. The van der Waals surface area contributed by atoms with E-state index in [0.717, 1.165) is 0 Å². The highest BCUT2D eigenvalue weighted by Crippen LogP contribution is 2.30. The summed E-state index contributed by atoms with van der Waals surface area (Å²) in [5.41, 5.74) is 1.01. The Morgan fingerprint density at radius 3 is 2.72 bits per heavy atom. The maximum absolute atomic E-state index is 13.7. The van der Waals surface area contributed by atoms with Crippen LogP contribution in [0.4, 0.5) is 15.9 Å². The average molecular weight is 267 g/mol. The summed E-state index contributed by atoms with van der Waals surface area (Å²) < 4.78 is 13.7. The number of benzene rings is 1. The van der Waals surface area contributed by atoms with Gasteiger partial charge in [-0.15, -0.1) is 0 Å². The number of hydrogen-bond donors (Lipinski definition) is 1. The lowest BCUT2D eigenvalue weighted by atomic mass is 10.2. The van der Waals surface area contributed by atoms with Crippen molar-refractivity contribution in [3.63, 3.8) is 0 Å². The number of pyridine rings is 1. The van der Waals surface area contributed by atoms with E-state index in [4.69, 9.17) is 16.7 Å². The summed E-state index contributed by atoms with van der Waals surface area (Å²) in [4.78, 5) is 5.70. The fourth-order valence-electron chi connectivity index (χ4n) is 1.64. The second kappa shape index (κ2) is 5.33. The van der Waals surface area contributed by atoms with Crippen molar-refractivity contribution in [2.24, 2.45) is 0 Å². The van der Waals surface area contributed by atoms with E-state index in [1.165, 1.54) is 12.3 Å². The smallest absolute Gasteiger partial charge is 0.151 e. The highest BCUT2D eigenvalue weighted by Gasteiger charge is 2.13. The molecule has 0 saturated carbocycles. The van der Waals surface area contributed by atoms with Gasteiger partial charge in [0, 0.05) is 13.2 Å². The van der Waals surface area contributed by atoms with Gasteiger partial charge in [-0.2, -0.15) is 0 Å². The quantitative estimate of drug-likeness (QED) is 0.927. The van der Waals surface area contributed by atoms with Crippen molar-refractivity contribution >= 4 is 23.1 Å². The number of hydrogen-bond acceptors (Lipinski definition) is 3. The number of para-hydroxylation sites is 1. The number of aliphatic hydroxyl groups is 1. The van der Waals surface area contributed by atoms with Crippen LogP contribution in [0.5, 0.6) is 0 Å². The van der Waals surface area contributed by atoms with Crippen molar-refractivity contribution in [1.82, 2.24) is 4.98 Å². The standard InChI is InChI=1S/C13H12ClFN2O/c1-17(12-5-3-2-4-11(12)15)13-10(14)6-9(8-18)7-16-13/h2-7,18H,8H2,1H3. The van der Waals surface area contributed by atoms with Crippen molar-refractivity contribution in [2.75, 3.05) is 11.9 Å². The first-order valence-electron chi connectivity index (χ1n) is 5.37. The lowest BCUT2D eigenvalue weighted by Crippen LogP contribution is -2.13. The lowest BCUT2D eigenvalue weighted by molar-refractivity contribution is 0.281. The first-order valence-corrected chi connectivity index (χ1v) is 5.75. The fraction of sp³-hybridized carbons (Fsp3) is 0.154. The Morgan fingerprint density at radius 1 is 1.39 bits per heavy atom. The topological polar surface area (TPSA) is 36.4 Å². The minimum absolute atomic E-state index is 0.129. The summed E-state index contributed by atoms with van der Waals surface area (Å²) in [5, 5.41) is 9.35. The molecule has 0 aliphatic rings. The van der Waals surface area contributed by atoms with Crippen LogP contribution in [-0.4, -0.2) is 17.1 Å². The number of aromatic nitrogens is 1. The molecule has 0 saturated heterocycles. The van der Waals surface area contributed by atoms with E-state index in [1.807, 2.05) is 0 Å². The molecule has 0 unspecified atom stereocenters. The maximum atomic E-state index is 13.7. The molecule has 0 amide bonds. The molecule has 0 radical (unpaired) electrons. The van der Waals surface area contributed by atoms with Crippen molar-refractivity contribution in [1.29, 1.82) is 0 Å². The number of nitrogens with zero attached hydrogens (tertiary/aromatic N) is 2. The van der Waals surface area contributed by atoms with Crippen LogP contribution in [0.15, 0.2) is 36.5 Å². The van der Waals surface area contributed by atoms with E-state index in [9.17, 15) is 4.39 Å². The van der Waals surface area contributed by atoms with Gasteiger partial charge >= 0.3 is 0 Å². The van der Waals surface area contributed by atoms with Gasteiger partial charge in [0.1, 0.15) is 5.82 Å². The number of anilines is 2. The molecule has 2 rings (SSSR count). The zero-order chi connectivity index (χ0) is 13.1. The molecular formula is C13H12ClFN2O. The van der Waals surface area contributed by atoms with E-state index in [2.05, 4.69) is 4.98 Å². The largest absolute Gasteiger partial charge is 0.392 e. The second-order valence-electron chi connectivity index (χ2n) is 3.82. The number of rotatable bonds is 3. The van der Waals surface area contributed by atoms with Gasteiger partial charge in [-0.3, -0.25) is 0 Å². The summed E-state index contributed by atoms with van der Waals surface area (Å²) in [7, 11) is 1.69. The van der Waals surface area contributed by atoms with Crippen molar-refractivity contribution in [3.05, 3.63) is 52.9 Å². The SMILES string of the molecule is CN(c1ccccc1F)c1ncc(CO)cc1Cl. The fourth-order valence-corrected chi connectivity index (χ4v) is 1.96. The van der Waals surface area contributed by atoms with E-state index < -0.39 is 0 Å². The first-order chi connectivity index (χ1) is 8.63. The average Bonchev–Trinajstić information content (AvgIpc) is 2.38. The molecule has 0 bridgehead atoms. The third-order valence-electron chi connectivity index (χ3n) is 2.59. The normalized spacial score (nSPS) is 10.4. The van der Waals surface area contributed by atoms with Gasteiger partial charge in [0.05, 0.1) is 17.3 Å². The molecular weight excluding hydrogens is 255 g/mol. The highest BCUT2D eigenvalue weighted by molar-refractivity contribution is 6.33. The van der Waals surface area contributed by atoms with Gasteiger partial charge in [-0.25, -0.2) is 9.37 Å². The van der Waals surface area contributed by atoms with Crippen molar-refractivity contribution in [2.45, 2.75) is 6.61 Å². The molecule has 0 spiro atoms. The van der Waals surface area contributed by atoms with E-state index >= 15 is 0 Å². The first kappa shape index (κ1) is 12.8. The van der Waals surface area contributed by atoms with Gasteiger partial charge in [-0.05, 0) is 23.8 Å². The monoisotopic (exact) mass is 266 g/mol. The minimum atomic E-state index is -0.343. The van der Waals surface area contributed by atoms with Crippen molar-refractivity contribution < 1.29 is 9.50 Å². The molecule has 0 aliphatic heterocycles. The molecule has 1 N–H and O–H groups in total. The lowest BCUT2D eigenvalue weighted by Gasteiger charge is -2.20. The Labute approximate surface area is 109 Å². The maximum Gasteiger partial charge on any atom is 0.151 e. The van der Waals surface area contributed by atoms with Crippen LogP contribution < -0.4 is 4.90 Å². The summed E-state index contributed by atoms with van der Waals surface area (Å²) in [6.07, 6.45) is 1.51. The van der Waals surface area contributed by atoms with Gasteiger partial charge in [-0.1, -0.05) is 23.7 Å². The Balaban J connectivity index is 2.40. The highest BCUT2D eigenvalue weighted by atomic mass is 35.5. The molecule has 1 aromatic heterocycles. The predicted octanol–water partition coefficient (Wildman–Crippen LogP) is 3.13. The van der Waals surface area contributed by atoms with Crippen LogP contribution >= 0.6 is 11.6 Å². The third-order valence-corrected chi connectivity index (χ3v) is 2.87.